The maximum absolute atomic E-state index is 14.2. The average molecular weight is 475 g/mol. The molecule has 1 aromatic carbocycles. The molecule has 4 N–H and O–H groups in total. The number of nitrogens with zero attached hydrogens (tertiary/aromatic N) is 5. The summed E-state index contributed by atoms with van der Waals surface area (Å²) >= 11 is 0. The van der Waals surface area contributed by atoms with Crippen LogP contribution in [0.4, 0.5) is 23.4 Å². The molecule has 0 spiro atoms. The normalized spacial score (nSPS) is 18.6. The van der Waals surface area contributed by atoms with Gasteiger partial charge in [0, 0.05) is 30.3 Å². The smallest absolute Gasteiger partial charge is 0.435 e. The Hall–Kier alpha value is -3.96. The van der Waals surface area contributed by atoms with Crippen LogP contribution in [0.2, 0.25) is 0 Å². The number of anilines is 1. The van der Waals surface area contributed by atoms with Crippen LogP contribution in [0.15, 0.2) is 46.6 Å². The summed E-state index contributed by atoms with van der Waals surface area (Å²) in [7, 11) is 0. The topological polar surface area (TPSA) is 117 Å². The molecule has 178 valence electrons. The number of pyridine rings is 1. The Bertz CT molecular complexity index is 1300. The molecule has 3 heterocycles. The molecular weight excluding hydrogens is 454 g/mol. The van der Waals surface area contributed by atoms with Gasteiger partial charge in [0.25, 0.3) is 0 Å². The van der Waals surface area contributed by atoms with Crippen LogP contribution >= 0.6 is 0 Å². The predicted molar refractivity (Wildman–Crippen MR) is 119 cm³/mol. The first kappa shape index (κ1) is 23.2. The molecule has 0 radical (unpaired) electrons. The summed E-state index contributed by atoms with van der Waals surface area (Å²) in [6.45, 7) is 3.76. The van der Waals surface area contributed by atoms with E-state index in [1.807, 2.05) is 0 Å². The van der Waals surface area contributed by atoms with E-state index in [0.29, 0.717) is 17.8 Å². The molecule has 2 bridgehead atoms. The van der Waals surface area contributed by atoms with Crippen molar-refractivity contribution >= 4 is 17.2 Å². The molecule has 34 heavy (non-hydrogen) atoms. The molecule has 0 amide bonds. The van der Waals surface area contributed by atoms with Crippen molar-refractivity contribution < 1.29 is 22.3 Å². The highest BCUT2D eigenvalue weighted by molar-refractivity contribution is 6.48. The first-order valence-corrected chi connectivity index (χ1v) is 10.3. The van der Waals surface area contributed by atoms with Crippen LogP contribution in [0.3, 0.4) is 0 Å². The Morgan fingerprint density at radius 1 is 1.24 bits per heavy atom. The summed E-state index contributed by atoms with van der Waals surface area (Å²) in [5, 5.41) is 7.59. The van der Waals surface area contributed by atoms with E-state index in [-0.39, 0.29) is 40.6 Å². The van der Waals surface area contributed by atoms with E-state index in [1.54, 1.807) is 19.9 Å². The minimum Gasteiger partial charge on any atom is -0.482 e. The van der Waals surface area contributed by atoms with Crippen molar-refractivity contribution in [1.29, 1.82) is 0 Å². The van der Waals surface area contributed by atoms with E-state index in [2.05, 4.69) is 20.2 Å². The van der Waals surface area contributed by atoms with Crippen LogP contribution in [0.1, 0.15) is 42.5 Å². The van der Waals surface area contributed by atoms with E-state index in [4.69, 9.17) is 16.3 Å². The molecule has 12 heteroatoms. The third kappa shape index (κ3) is 4.30. The number of halogens is 4. The van der Waals surface area contributed by atoms with Crippen molar-refractivity contribution in [3.8, 4) is 11.4 Å². The fourth-order valence-electron chi connectivity index (χ4n) is 3.74. The van der Waals surface area contributed by atoms with E-state index in [0.717, 1.165) is 16.8 Å². The second-order valence-electron chi connectivity index (χ2n) is 7.58. The molecule has 1 aliphatic heterocycles. The highest BCUT2D eigenvalue weighted by Gasteiger charge is 2.36. The number of benzene rings is 1. The van der Waals surface area contributed by atoms with Crippen molar-refractivity contribution in [2.75, 3.05) is 12.3 Å². The molecule has 0 fully saturated rings. The van der Waals surface area contributed by atoms with Gasteiger partial charge in [0.2, 0.25) is 0 Å². The number of hydrogen-bond donors (Lipinski definition) is 2. The molecular formula is C22H21F4N7O. The number of aliphatic imine (C=N–C) groups is 1. The van der Waals surface area contributed by atoms with Gasteiger partial charge in [0.15, 0.2) is 17.3 Å². The van der Waals surface area contributed by atoms with E-state index in [1.165, 1.54) is 18.3 Å². The zero-order chi connectivity index (χ0) is 24.6. The lowest BCUT2D eigenvalue weighted by atomic mass is 10.0. The van der Waals surface area contributed by atoms with Crippen molar-refractivity contribution in [1.82, 2.24) is 14.8 Å². The third-order valence-electron chi connectivity index (χ3n) is 5.28. The summed E-state index contributed by atoms with van der Waals surface area (Å²) < 4.78 is 62.1. The van der Waals surface area contributed by atoms with Crippen molar-refractivity contribution in [3.05, 3.63) is 64.9 Å². The van der Waals surface area contributed by atoms with Gasteiger partial charge in [-0.15, -0.1) is 0 Å². The molecule has 0 aliphatic carbocycles. The first-order chi connectivity index (χ1) is 16.1. The van der Waals surface area contributed by atoms with Gasteiger partial charge in [-0.05, 0) is 44.2 Å². The highest BCUT2D eigenvalue weighted by atomic mass is 19.4. The van der Waals surface area contributed by atoms with Crippen LogP contribution < -0.4 is 16.3 Å². The predicted octanol–water partition coefficient (Wildman–Crippen LogP) is 3.83. The van der Waals surface area contributed by atoms with Crippen molar-refractivity contribution in [2.45, 2.75) is 32.5 Å². The molecule has 3 aromatic rings. The number of nitrogen functional groups attached to an aromatic ring is 1. The van der Waals surface area contributed by atoms with Gasteiger partial charge in [0.1, 0.15) is 11.9 Å². The van der Waals surface area contributed by atoms with Gasteiger partial charge in [-0.3, -0.25) is 4.99 Å². The van der Waals surface area contributed by atoms with E-state index in [9.17, 15) is 17.6 Å². The molecule has 4 rings (SSSR count). The molecule has 0 saturated heterocycles. The standard InChI is InChI=1S/C22H21F4N7O/c1-3-29-20-12-6-18(21(27)30-10-12)34-11(2)15-7-13(23)4-5-17(15)33-14(8-16(20)31-28)9-19(32-33)22(24,25)26/h4-7,9-11H,3,8,28H2,1-2H3,(H2,27,30). The number of aromatic nitrogens is 3. The fraction of sp³-hybridized carbons (Fsp3) is 0.273. The van der Waals surface area contributed by atoms with Crippen molar-refractivity contribution in [3.63, 3.8) is 0 Å². The van der Waals surface area contributed by atoms with Crippen LogP contribution in [0, 0.1) is 5.82 Å². The van der Waals surface area contributed by atoms with Gasteiger partial charge in [-0.1, -0.05) is 0 Å². The SMILES string of the molecule is CCN=C1C(=NN)Cc2cc(C(F)(F)F)nn2-c2ccc(F)cc2C(C)Oc2cc1cnc2N. The summed E-state index contributed by atoms with van der Waals surface area (Å²) in [6, 6.07) is 6.16. The van der Waals surface area contributed by atoms with Gasteiger partial charge in [-0.2, -0.15) is 23.4 Å². The molecule has 1 aliphatic rings. The number of hydrazone groups is 1. The largest absolute Gasteiger partial charge is 0.482 e. The minimum absolute atomic E-state index is 0.0758. The zero-order valence-electron chi connectivity index (χ0n) is 18.3. The number of rotatable bonds is 1. The molecule has 2 aromatic heterocycles. The summed E-state index contributed by atoms with van der Waals surface area (Å²) in [5.74, 6) is 5.33. The van der Waals surface area contributed by atoms with Crippen LogP contribution in [0.5, 0.6) is 5.75 Å². The number of alkyl halides is 3. The first-order valence-electron chi connectivity index (χ1n) is 10.3. The maximum Gasteiger partial charge on any atom is 0.435 e. The molecule has 1 unspecified atom stereocenters. The van der Waals surface area contributed by atoms with Crippen LogP contribution in [-0.4, -0.2) is 32.7 Å². The quantitative estimate of drug-likeness (QED) is 0.315. The lowest BCUT2D eigenvalue weighted by Gasteiger charge is -2.22. The summed E-state index contributed by atoms with van der Waals surface area (Å²) in [6.07, 6.45) is -4.21. The Morgan fingerprint density at radius 2 is 2.00 bits per heavy atom. The fourth-order valence-corrected chi connectivity index (χ4v) is 3.74. The minimum atomic E-state index is -4.71. The third-order valence-corrected chi connectivity index (χ3v) is 5.28. The Kier molecular flexibility index (Phi) is 5.98. The second-order valence-corrected chi connectivity index (χ2v) is 7.58. The lowest BCUT2D eigenvalue weighted by Crippen LogP contribution is -2.24. The van der Waals surface area contributed by atoms with Crippen LogP contribution in [-0.2, 0) is 12.6 Å². The Balaban J connectivity index is 2.03. The number of fused-ring (bicyclic) bond motifs is 5. The molecule has 1 atom stereocenters. The monoisotopic (exact) mass is 475 g/mol. The number of ether oxygens (including phenoxy) is 1. The zero-order valence-corrected chi connectivity index (χ0v) is 18.3. The van der Waals surface area contributed by atoms with E-state index < -0.39 is 23.8 Å². The van der Waals surface area contributed by atoms with Gasteiger partial charge in [0.05, 0.1) is 22.8 Å². The Morgan fingerprint density at radius 3 is 2.68 bits per heavy atom. The van der Waals surface area contributed by atoms with Gasteiger partial charge in [-0.25, -0.2) is 14.1 Å². The summed E-state index contributed by atoms with van der Waals surface area (Å²) in [4.78, 5) is 8.59. The van der Waals surface area contributed by atoms with Crippen molar-refractivity contribution in [2.24, 2.45) is 15.9 Å². The van der Waals surface area contributed by atoms with Crippen LogP contribution in [0.25, 0.3) is 5.69 Å². The number of hydrogen-bond acceptors (Lipinski definition) is 7. The van der Waals surface area contributed by atoms with Gasteiger partial charge >= 0.3 is 6.18 Å². The second kappa shape index (κ2) is 8.76. The summed E-state index contributed by atoms with van der Waals surface area (Å²) in [5.41, 5.74) is 6.47. The maximum atomic E-state index is 14.2. The Labute approximate surface area is 192 Å². The van der Waals surface area contributed by atoms with Gasteiger partial charge < -0.3 is 16.3 Å². The highest BCUT2D eigenvalue weighted by Crippen LogP contribution is 2.34. The average Bonchev–Trinajstić information content (AvgIpc) is 3.21. The molecule has 8 nitrogen and oxygen atoms in total. The lowest BCUT2D eigenvalue weighted by molar-refractivity contribution is -0.141. The number of nitrogens with two attached hydrogens (primary N) is 2. The van der Waals surface area contributed by atoms with E-state index >= 15 is 0 Å². The molecule has 0 saturated carbocycles.